The summed E-state index contributed by atoms with van der Waals surface area (Å²) >= 11 is 0. The summed E-state index contributed by atoms with van der Waals surface area (Å²) in [5.41, 5.74) is 8.98. The van der Waals surface area contributed by atoms with Gasteiger partial charge in [0.2, 0.25) is 5.69 Å². The van der Waals surface area contributed by atoms with E-state index in [9.17, 15) is 10.5 Å². The summed E-state index contributed by atoms with van der Waals surface area (Å²) in [5.74, 6) is 0. The fourth-order valence-corrected chi connectivity index (χ4v) is 6.59. The topological polar surface area (TPSA) is 56.9 Å². The van der Waals surface area contributed by atoms with Crippen molar-refractivity contribution in [1.82, 2.24) is 4.57 Å². The Labute approximate surface area is 274 Å². The molecule has 0 spiro atoms. The Bertz CT molecular complexity index is 2360. The number of nitrogens with zero attached hydrogens (tertiary/aromatic N) is 4. The lowest BCUT2D eigenvalue weighted by molar-refractivity contribution is 0.591. The van der Waals surface area contributed by atoms with Gasteiger partial charge in [-0.05, 0) is 57.5 Å². The van der Waals surface area contributed by atoms with Gasteiger partial charge in [-0.25, -0.2) is 4.85 Å². The quantitative estimate of drug-likeness (QED) is 0.188. The first-order chi connectivity index (χ1) is 22.9. The predicted molar refractivity (Wildman–Crippen MR) is 191 cm³/mol. The molecule has 6 aromatic carbocycles. The van der Waals surface area contributed by atoms with Crippen LogP contribution < -0.4 is 0 Å². The molecule has 1 aromatic heterocycles. The van der Waals surface area contributed by atoms with Crippen molar-refractivity contribution >= 4 is 27.5 Å². The molecule has 47 heavy (non-hydrogen) atoms. The van der Waals surface area contributed by atoms with E-state index >= 15 is 0 Å². The Hall–Kier alpha value is -6.41. The molecule has 7 aromatic rings. The average Bonchev–Trinajstić information content (AvgIpc) is 3.43. The van der Waals surface area contributed by atoms with E-state index in [1.165, 1.54) is 5.56 Å². The van der Waals surface area contributed by atoms with Crippen LogP contribution in [0.5, 0.6) is 0 Å². The lowest BCUT2D eigenvalue weighted by Crippen LogP contribution is -2.10. The van der Waals surface area contributed by atoms with Gasteiger partial charge in [-0.3, -0.25) is 0 Å². The monoisotopic (exact) mass is 602 g/mol. The first-order valence-electron chi connectivity index (χ1n) is 15.5. The second kappa shape index (κ2) is 11.5. The SMILES string of the molecule is [C-]#[N+]c1c(-c2ccccc2)c(C#N)c(-c2ccccc2)c(C#N)c1-n1c2ccc(-c3ccccc3)cc2c2cc(C(C)(C)C)ccc21. The van der Waals surface area contributed by atoms with Crippen molar-refractivity contribution < 1.29 is 0 Å². The predicted octanol–water partition coefficient (Wildman–Crippen LogP) is 11.4. The first kappa shape index (κ1) is 29.3. The summed E-state index contributed by atoms with van der Waals surface area (Å²) in [4.78, 5) is 4.12. The Morgan fingerprint density at radius 1 is 0.574 bits per heavy atom. The summed E-state index contributed by atoms with van der Waals surface area (Å²) in [6, 6.07) is 47.2. The van der Waals surface area contributed by atoms with Crippen LogP contribution in [0, 0.1) is 29.2 Å². The number of rotatable bonds is 4. The average molecular weight is 603 g/mol. The molecule has 0 bridgehead atoms. The van der Waals surface area contributed by atoms with Crippen LogP contribution >= 0.6 is 0 Å². The highest BCUT2D eigenvalue weighted by atomic mass is 15.0. The minimum absolute atomic E-state index is 0.0887. The molecule has 0 atom stereocenters. The third-order valence-electron chi connectivity index (χ3n) is 8.87. The van der Waals surface area contributed by atoms with Gasteiger partial charge in [0.05, 0.1) is 40.5 Å². The third kappa shape index (κ3) is 4.83. The maximum absolute atomic E-state index is 11.0. The summed E-state index contributed by atoms with van der Waals surface area (Å²) in [5, 5.41) is 23.7. The highest BCUT2D eigenvalue weighted by molar-refractivity contribution is 6.12. The van der Waals surface area contributed by atoms with Crippen LogP contribution in [0.4, 0.5) is 5.69 Å². The fraction of sp³-hybridized carbons (Fsp3) is 0.0930. The molecule has 0 aliphatic carbocycles. The molecule has 0 N–H and O–H groups in total. The molecule has 222 valence electrons. The fourth-order valence-electron chi connectivity index (χ4n) is 6.59. The van der Waals surface area contributed by atoms with E-state index in [4.69, 9.17) is 6.57 Å². The molecule has 7 rings (SSSR count). The van der Waals surface area contributed by atoms with Crippen LogP contribution in [0.1, 0.15) is 37.5 Å². The molecule has 4 heteroatoms. The Morgan fingerprint density at radius 2 is 1.09 bits per heavy atom. The lowest BCUT2D eigenvalue weighted by Gasteiger charge is -2.22. The number of aromatic nitrogens is 1. The summed E-state index contributed by atoms with van der Waals surface area (Å²) in [6.07, 6.45) is 0. The normalized spacial score (nSPS) is 11.2. The van der Waals surface area contributed by atoms with Gasteiger partial charge < -0.3 is 4.57 Å². The van der Waals surface area contributed by atoms with Gasteiger partial charge in [0.1, 0.15) is 6.07 Å². The zero-order valence-electron chi connectivity index (χ0n) is 26.4. The number of nitriles is 2. The van der Waals surface area contributed by atoms with Crippen molar-refractivity contribution in [3.8, 4) is 51.2 Å². The van der Waals surface area contributed by atoms with Crippen LogP contribution in [0.15, 0.2) is 127 Å². The van der Waals surface area contributed by atoms with Crippen LogP contribution in [0.25, 0.3) is 65.7 Å². The number of hydrogen-bond donors (Lipinski definition) is 0. The minimum Gasteiger partial charge on any atom is -0.318 e. The molecule has 0 saturated carbocycles. The van der Waals surface area contributed by atoms with Crippen LogP contribution in [-0.4, -0.2) is 4.57 Å². The molecule has 4 nitrogen and oxygen atoms in total. The molecule has 0 aliphatic rings. The van der Waals surface area contributed by atoms with Crippen molar-refractivity contribution in [1.29, 1.82) is 10.5 Å². The largest absolute Gasteiger partial charge is 0.318 e. The van der Waals surface area contributed by atoms with E-state index in [1.54, 1.807) is 0 Å². The lowest BCUT2D eigenvalue weighted by atomic mass is 9.86. The second-order valence-electron chi connectivity index (χ2n) is 12.7. The molecule has 0 amide bonds. The number of benzene rings is 6. The standard InChI is InChI=1S/C43H30N4/c1-43(2,3)32-21-23-38-34(25-32)33-24-31(28-14-8-5-9-15-28)20-22-37(33)47(38)42-36(27-45)39(29-16-10-6-11-17-29)35(26-44)40(41(42)46-4)30-18-12-7-13-19-30/h5-25H,1-3H3. The molecule has 0 unspecified atom stereocenters. The van der Waals surface area contributed by atoms with Crippen LogP contribution in [0.3, 0.4) is 0 Å². The van der Waals surface area contributed by atoms with Gasteiger partial charge in [0.25, 0.3) is 0 Å². The molecule has 0 radical (unpaired) electrons. The van der Waals surface area contributed by atoms with E-state index in [2.05, 4.69) is 90.9 Å². The van der Waals surface area contributed by atoms with E-state index < -0.39 is 0 Å². The molecular weight excluding hydrogens is 573 g/mol. The van der Waals surface area contributed by atoms with Gasteiger partial charge in [0.15, 0.2) is 0 Å². The van der Waals surface area contributed by atoms with Crippen LogP contribution in [0.2, 0.25) is 0 Å². The molecule has 0 aliphatic heterocycles. The summed E-state index contributed by atoms with van der Waals surface area (Å²) in [7, 11) is 0. The summed E-state index contributed by atoms with van der Waals surface area (Å²) < 4.78 is 2.07. The molecular formula is C43H30N4. The minimum atomic E-state index is -0.0887. The van der Waals surface area contributed by atoms with Gasteiger partial charge >= 0.3 is 0 Å². The Balaban J connectivity index is 1.70. The zero-order valence-corrected chi connectivity index (χ0v) is 26.4. The van der Waals surface area contributed by atoms with Crippen molar-refractivity contribution in [3.63, 3.8) is 0 Å². The van der Waals surface area contributed by atoms with E-state index in [0.717, 1.165) is 44.1 Å². The van der Waals surface area contributed by atoms with E-state index in [1.807, 2.05) is 78.9 Å². The van der Waals surface area contributed by atoms with Crippen molar-refractivity contribution in [2.75, 3.05) is 0 Å². The Morgan fingerprint density at radius 3 is 1.62 bits per heavy atom. The van der Waals surface area contributed by atoms with Gasteiger partial charge in [-0.1, -0.05) is 124 Å². The summed E-state index contributed by atoms with van der Waals surface area (Å²) in [6.45, 7) is 15.2. The van der Waals surface area contributed by atoms with Gasteiger partial charge in [-0.2, -0.15) is 10.5 Å². The third-order valence-corrected chi connectivity index (χ3v) is 8.87. The van der Waals surface area contributed by atoms with Crippen molar-refractivity contribution in [2.45, 2.75) is 26.2 Å². The van der Waals surface area contributed by atoms with Crippen molar-refractivity contribution in [3.05, 3.63) is 156 Å². The number of hydrogen-bond acceptors (Lipinski definition) is 2. The number of fused-ring (bicyclic) bond motifs is 3. The highest BCUT2D eigenvalue weighted by Gasteiger charge is 2.29. The van der Waals surface area contributed by atoms with E-state index in [-0.39, 0.29) is 11.1 Å². The van der Waals surface area contributed by atoms with E-state index in [0.29, 0.717) is 27.9 Å². The molecule has 0 saturated heterocycles. The first-order valence-corrected chi connectivity index (χ1v) is 15.5. The zero-order chi connectivity index (χ0) is 32.7. The second-order valence-corrected chi connectivity index (χ2v) is 12.7. The maximum atomic E-state index is 11.0. The molecule has 1 heterocycles. The molecule has 0 fully saturated rings. The van der Waals surface area contributed by atoms with Crippen molar-refractivity contribution in [2.24, 2.45) is 0 Å². The van der Waals surface area contributed by atoms with Gasteiger partial charge in [0, 0.05) is 21.9 Å². The maximum Gasteiger partial charge on any atom is 0.220 e. The Kier molecular flexibility index (Phi) is 7.17. The smallest absolute Gasteiger partial charge is 0.220 e. The van der Waals surface area contributed by atoms with Crippen LogP contribution in [-0.2, 0) is 5.41 Å². The highest BCUT2D eigenvalue weighted by Crippen LogP contribution is 2.49. The van der Waals surface area contributed by atoms with Gasteiger partial charge in [-0.15, -0.1) is 0 Å².